The van der Waals surface area contributed by atoms with E-state index in [4.69, 9.17) is 11.5 Å². The Bertz CT molecular complexity index is 439. The van der Waals surface area contributed by atoms with Crippen molar-refractivity contribution in [1.29, 1.82) is 0 Å². The van der Waals surface area contributed by atoms with Crippen LogP contribution in [0.15, 0.2) is 12.1 Å². The molecule has 0 aromatic carbocycles. The molecule has 1 aromatic rings. The lowest BCUT2D eigenvalue weighted by atomic mass is 9.88. The van der Waals surface area contributed by atoms with E-state index in [9.17, 15) is 4.79 Å². The van der Waals surface area contributed by atoms with Crippen molar-refractivity contribution in [3.8, 4) is 0 Å². The van der Waals surface area contributed by atoms with E-state index < -0.39 is 0 Å². The molecule has 2 rings (SSSR count). The fourth-order valence-electron chi connectivity index (χ4n) is 2.65. The summed E-state index contributed by atoms with van der Waals surface area (Å²) in [5.74, 6) is 0.837. The van der Waals surface area contributed by atoms with Crippen LogP contribution in [0, 0.1) is 6.92 Å². The first-order valence-electron chi connectivity index (χ1n) is 6.30. The molecule has 1 aromatic heterocycles. The van der Waals surface area contributed by atoms with E-state index in [0.29, 0.717) is 18.3 Å². The molecular weight excluding hydrogens is 228 g/mol. The van der Waals surface area contributed by atoms with Crippen molar-refractivity contribution in [1.82, 2.24) is 9.88 Å². The molecule has 0 bridgehead atoms. The van der Waals surface area contributed by atoms with Gasteiger partial charge < -0.3 is 11.5 Å². The second-order valence-corrected chi connectivity index (χ2v) is 4.93. The molecule has 0 atom stereocenters. The molecule has 98 valence electrons. The van der Waals surface area contributed by atoms with Crippen LogP contribution < -0.4 is 11.5 Å². The zero-order chi connectivity index (χ0) is 13.1. The summed E-state index contributed by atoms with van der Waals surface area (Å²) in [5.41, 5.74) is 13.2. The van der Waals surface area contributed by atoms with Gasteiger partial charge in [0.1, 0.15) is 5.82 Å². The second-order valence-electron chi connectivity index (χ2n) is 4.93. The lowest BCUT2D eigenvalue weighted by Gasteiger charge is -2.31. The fourth-order valence-corrected chi connectivity index (χ4v) is 2.65. The Morgan fingerprint density at radius 2 is 2.11 bits per heavy atom. The van der Waals surface area contributed by atoms with Crippen LogP contribution in [0.3, 0.4) is 0 Å². The number of likely N-dealkylation sites (tertiary alicyclic amines) is 1. The average Bonchev–Trinajstić information content (AvgIpc) is 2.30. The molecule has 18 heavy (non-hydrogen) atoms. The van der Waals surface area contributed by atoms with Gasteiger partial charge in [0.25, 0.3) is 0 Å². The molecule has 5 nitrogen and oxygen atoms in total. The molecule has 0 unspecified atom stereocenters. The number of piperidine rings is 1. The molecule has 1 aliphatic rings. The van der Waals surface area contributed by atoms with Gasteiger partial charge >= 0.3 is 0 Å². The third-order valence-electron chi connectivity index (χ3n) is 3.56. The van der Waals surface area contributed by atoms with Crippen LogP contribution in [0.5, 0.6) is 0 Å². The number of anilines is 1. The minimum atomic E-state index is -0.251. The molecule has 2 heterocycles. The Labute approximate surface area is 107 Å². The summed E-state index contributed by atoms with van der Waals surface area (Å²) in [4.78, 5) is 17.3. The lowest BCUT2D eigenvalue weighted by molar-refractivity contribution is -0.119. The number of rotatable bonds is 3. The van der Waals surface area contributed by atoms with Crippen LogP contribution >= 0.6 is 0 Å². The molecule has 0 aliphatic carbocycles. The quantitative estimate of drug-likeness (QED) is 0.822. The van der Waals surface area contributed by atoms with Crippen LogP contribution in [-0.2, 0) is 4.79 Å². The molecule has 4 N–H and O–H groups in total. The third-order valence-corrected chi connectivity index (χ3v) is 3.56. The highest BCUT2D eigenvalue weighted by Crippen LogP contribution is 2.29. The zero-order valence-corrected chi connectivity index (χ0v) is 10.7. The molecule has 0 saturated carbocycles. The first-order chi connectivity index (χ1) is 8.56. The number of nitrogen functional groups attached to an aromatic ring is 1. The topological polar surface area (TPSA) is 85.2 Å². The summed E-state index contributed by atoms with van der Waals surface area (Å²) in [6, 6.07) is 3.93. The number of pyridine rings is 1. The van der Waals surface area contributed by atoms with Crippen LogP contribution in [0.4, 0.5) is 5.82 Å². The van der Waals surface area contributed by atoms with Crippen molar-refractivity contribution in [3.05, 3.63) is 23.4 Å². The summed E-state index contributed by atoms with van der Waals surface area (Å²) in [5, 5.41) is 0. The Morgan fingerprint density at radius 3 is 2.67 bits per heavy atom. The highest BCUT2D eigenvalue weighted by Gasteiger charge is 2.22. The molecule has 0 spiro atoms. The Morgan fingerprint density at radius 1 is 1.44 bits per heavy atom. The molecule has 1 fully saturated rings. The summed E-state index contributed by atoms with van der Waals surface area (Å²) in [6.45, 7) is 4.20. The molecule has 0 radical (unpaired) electrons. The highest BCUT2D eigenvalue weighted by atomic mass is 16.1. The minimum Gasteiger partial charge on any atom is -0.384 e. The van der Waals surface area contributed by atoms with E-state index in [1.807, 2.05) is 13.0 Å². The van der Waals surface area contributed by atoms with Crippen molar-refractivity contribution in [2.75, 3.05) is 25.4 Å². The van der Waals surface area contributed by atoms with Gasteiger partial charge in [0.05, 0.1) is 6.54 Å². The van der Waals surface area contributed by atoms with Crippen molar-refractivity contribution in [2.24, 2.45) is 5.73 Å². The number of nitrogens with zero attached hydrogens (tertiary/aromatic N) is 2. The number of hydrogen-bond acceptors (Lipinski definition) is 4. The molecule has 5 heteroatoms. The number of hydrogen-bond donors (Lipinski definition) is 2. The Balaban J connectivity index is 1.99. The molecule has 1 saturated heterocycles. The monoisotopic (exact) mass is 248 g/mol. The van der Waals surface area contributed by atoms with E-state index >= 15 is 0 Å². The van der Waals surface area contributed by atoms with Gasteiger partial charge in [0, 0.05) is 5.69 Å². The first-order valence-corrected chi connectivity index (χ1v) is 6.30. The predicted molar refractivity (Wildman–Crippen MR) is 71.0 cm³/mol. The van der Waals surface area contributed by atoms with Crippen molar-refractivity contribution in [2.45, 2.75) is 25.7 Å². The predicted octanol–water partition coefficient (Wildman–Crippen LogP) is 0.637. The third kappa shape index (κ3) is 2.98. The molecule has 1 aliphatic heterocycles. The minimum absolute atomic E-state index is 0.251. The fraction of sp³-hybridized carbons (Fsp3) is 0.538. The van der Waals surface area contributed by atoms with E-state index in [2.05, 4.69) is 16.0 Å². The number of aryl methyl sites for hydroxylation is 1. The number of aromatic nitrogens is 1. The van der Waals surface area contributed by atoms with Crippen molar-refractivity contribution in [3.63, 3.8) is 0 Å². The lowest BCUT2D eigenvalue weighted by Crippen LogP contribution is -2.39. The van der Waals surface area contributed by atoms with Crippen molar-refractivity contribution < 1.29 is 4.79 Å². The largest absolute Gasteiger partial charge is 0.384 e. The number of carbonyl (C=O) groups excluding carboxylic acids is 1. The van der Waals surface area contributed by atoms with Gasteiger partial charge in [0.15, 0.2) is 0 Å². The summed E-state index contributed by atoms with van der Waals surface area (Å²) >= 11 is 0. The van der Waals surface area contributed by atoms with Crippen LogP contribution in [0.2, 0.25) is 0 Å². The second kappa shape index (κ2) is 5.35. The maximum atomic E-state index is 10.9. The number of amides is 1. The van der Waals surface area contributed by atoms with E-state index in [1.54, 1.807) is 0 Å². The SMILES string of the molecule is Cc1nc(N)ccc1C1CCN(CC(N)=O)CC1. The van der Waals surface area contributed by atoms with Gasteiger partial charge in [-0.1, -0.05) is 6.07 Å². The molecular formula is C13H20N4O. The maximum absolute atomic E-state index is 10.9. The van der Waals surface area contributed by atoms with Gasteiger partial charge in [-0.15, -0.1) is 0 Å². The van der Waals surface area contributed by atoms with Gasteiger partial charge in [-0.05, 0) is 50.4 Å². The number of primary amides is 1. The summed E-state index contributed by atoms with van der Waals surface area (Å²) in [6.07, 6.45) is 2.08. The van der Waals surface area contributed by atoms with Gasteiger partial charge in [-0.2, -0.15) is 0 Å². The van der Waals surface area contributed by atoms with Crippen LogP contribution in [-0.4, -0.2) is 35.4 Å². The van der Waals surface area contributed by atoms with Crippen LogP contribution in [0.1, 0.15) is 30.0 Å². The van der Waals surface area contributed by atoms with Crippen molar-refractivity contribution >= 4 is 11.7 Å². The van der Waals surface area contributed by atoms with E-state index in [0.717, 1.165) is 31.6 Å². The van der Waals surface area contributed by atoms with Crippen LogP contribution in [0.25, 0.3) is 0 Å². The highest BCUT2D eigenvalue weighted by molar-refractivity contribution is 5.75. The number of nitrogens with two attached hydrogens (primary N) is 2. The maximum Gasteiger partial charge on any atom is 0.231 e. The van der Waals surface area contributed by atoms with Gasteiger partial charge in [-0.25, -0.2) is 4.98 Å². The van der Waals surface area contributed by atoms with E-state index in [-0.39, 0.29) is 5.91 Å². The summed E-state index contributed by atoms with van der Waals surface area (Å²) in [7, 11) is 0. The average molecular weight is 248 g/mol. The van der Waals surface area contributed by atoms with Gasteiger partial charge in [0.2, 0.25) is 5.91 Å². The Hall–Kier alpha value is -1.62. The standard InChI is InChI=1S/C13H20N4O/c1-9-11(2-3-12(14)16-9)10-4-6-17(7-5-10)8-13(15)18/h2-3,10H,4-8H2,1H3,(H2,14,16)(H2,15,18). The zero-order valence-electron chi connectivity index (χ0n) is 10.7. The number of carbonyl (C=O) groups is 1. The smallest absolute Gasteiger partial charge is 0.231 e. The van der Waals surface area contributed by atoms with Gasteiger partial charge in [-0.3, -0.25) is 9.69 Å². The first kappa shape index (κ1) is 12.8. The molecule has 1 amide bonds. The normalized spacial score (nSPS) is 17.8. The Kier molecular flexibility index (Phi) is 3.81. The van der Waals surface area contributed by atoms with E-state index in [1.165, 1.54) is 5.56 Å². The summed E-state index contributed by atoms with van der Waals surface area (Å²) < 4.78 is 0.